The Balaban J connectivity index is 3.55. The molecule has 1 heterocycles. The monoisotopic (exact) mass is 206 g/mol. The van der Waals surface area contributed by atoms with Gasteiger partial charge in [0.05, 0.1) is 0 Å². The van der Waals surface area contributed by atoms with Crippen molar-refractivity contribution in [1.82, 2.24) is 4.57 Å². The lowest BCUT2D eigenvalue weighted by atomic mass is 10.1. The fourth-order valence-corrected chi connectivity index (χ4v) is 1.47. The highest BCUT2D eigenvalue weighted by atomic mass is 16.3. The summed E-state index contributed by atoms with van der Waals surface area (Å²) in [5.41, 5.74) is 0.206. The zero-order chi connectivity index (χ0) is 11.6. The van der Waals surface area contributed by atoms with Gasteiger partial charge in [0, 0.05) is 12.1 Å². The van der Waals surface area contributed by atoms with Crippen molar-refractivity contribution in [3.05, 3.63) is 27.5 Å². The standard InChI is InChI=1S/C11H14N2O2/c1-4-8(3)13-10(14)5-7(2)9(6-12)11(13)15/h5,8,14H,4H2,1-3H3. The molecular weight excluding hydrogens is 192 g/mol. The van der Waals surface area contributed by atoms with E-state index in [0.717, 1.165) is 6.42 Å². The number of pyridine rings is 1. The third kappa shape index (κ3) is 1.86. The SMILES string of the molecule is CCC(C)n1c(O)cc(C)c(C#N)c1=O. The molecule has 1 unspecified atom stereocenters. The van der Waals surface area contributed by atoms with Gasteiger partial charge in [-0.1, -0.05) is 6.92 Å². The molecule has 80 valence electrons. The van der Waals surface area contributed by atoms with Gasteiger partial charge in [-0.2, -0.15) is 5.26 Å². The predicted octanol–water partition coefficient (Wildman–Crippen LogP) is 1.71. The average molecular weight is 206 g/mol. The van der Waals surface area contributed by atoms with E-state index in [2.05, 4.69) is 0 Å². The second kappa shape index (κ2) is 4.18. The fraction of sp³-hybridized carbons (Fsp3) is 0.455. The van der Waals surface area contributed by atoms with Gasteiger partial charge in [0.25, 0.3) is 5.56 Å². The third-order valence-corrected chi connectivity index (χ3v) is 2.56. The Morgan fingerprint density at radius 1 is 1.67 bits per heavy atom. The summed E-state index contributed by atoms with van der Waals surface area (Å²) >= 11 is 0. The maximum absolute atomic E-state index is 11.8. The molecule has 0 spiro atoms. The average Bonchev–Trinajstić information content (AvgIpc) is 2.17. The summed E-state index contributed by atoms with van der Waals surface area (Å²) in [6.07, 6.45) is 0.724. The van der Waals surface area contributed by atoms with Crippen LogP contribution in [0.1, 0.15) is 37.4 Å². The number of hydrogen-bond donors (Lipinski definition) is 1. The van der Waals surface area contributed by atoms with Crippen LogP contribution in [0.15, 0.2) is 10.9 Å². The van der Waals surface area contributed by atoms with Crippen molar-refractivity contribution < 1.29 is 5.11 Å². The van der Waals surface area contributed by atoms with Crippen LogP contribution in [0.2, 0.25) is 0 Å². The van der Waals surface area contributed by atoms with Gasteiger partial charge in [-0.15, -0.1) is 0 Å². The number of hydrogen-bond acceptors (Lipinski definition) is 3. The van der Waals surface area contributed by atoms with E-state index in [1.807, 2.05) is 19.9 Å². The van der Waals surface area contributed by atoms with Crippen molar-refractivity contribution in [2.75, 3.05) is 0 Å². The Labute approximate surface area is 88.4 Å². The first-order valence-corrected chi connectivity index (χ1v) is 4.88. The summed E-state index contributed by atoms with van der Waals surface area (Å²) in [4.78, 5) is 11.8. The Morgan fingerprint density at radius 3 is 2.73 bits per heavy atom. The van der Waals surface area contributed by atoms with Crippen molar-refractivity contribution in [2.45, 2.75) is 33.2 Å². The predicted molar refractivity (Wildman–Crippen MR) is 56.8 cm³/mol. The lowest BCUT2D eigenvalue weighted by Crippen LogP contribution is -2.25. The summed E-state index contributed by atoms with van der Waals surface area (Å²) in [7, 11) is 0. The minimum atomic E-state index is -0.413. The number of nitrogens with zero attached hydrogens (tertiary/aromatic N) is 2. The number of aromatic nitrogens is 1. The first-order chi connectivity index (χ1) is 7.02. The molecule has 0 bridgehead atoms. The quantitative estimate of drug-likeness (QED) is 0.800. The molecule has 0 aliphatic heterocycles. The molecule has 1 aromatic heterocycles. The molecule has 15 heavy (non-hydrogen) atoms. The number of aryl methyl sites for hydroxylation is 1. The van der Waals surface area contributed by atoms with Gasteiger partial charge in [0.15, 0.2) is 5.88 Å². The molecule has 0 aromatic carbocycles. The van der Waals surface area contributed by atoms with Crippen LogP contribution in [-0.4, -0.2) is 9.67 Å². The van der Waals surface area contributed by atoms with E-state index >= 15 is 0 Å². The maximum atomic E-state index is 11.8. The van der Waals surface area contributed by atoms with Crippen molar-refractivity contribution in [3.8, 4) is 11.9 Å². The Hall–Kier alpha value is -1.76. The number of rotatable bonds is 2. The molecule has 4 nitrogen and oxygen atoms in total. The number of nitriles is 1. The van der Waals surface area contributed by atoms with Gasteiger partial charge in [-0.25, -0.2) is 0 Å². The van der Waals surface area contributed by atoms with Crippen LogP contribution < -0.4 is 5.56 Å². The molecular formula is C11H14N2O2. The normalized spacial score (nSPS) is 12.1. The lowest BCUT2D eigenvalue weighted by molar-refractivity contribution is 0.373. The molecule has 1 N–H and O–H groups in total. The van der Waals surface area contributed by atoms with Gasteiger partial charge in [-0.05, 0) is 25.8 Å². The summed E-state index contributed by atoms with van der Waals surface area (Å²) in [6, 6.07) is 3.21. The topological polar surface area (TPSA) is 66.0 Å². The highest BCUT2D eigenvalue weighted by molar-refractivity contribution is 5.37. The second-order valence-electron chi connectivity index (χ2n) is 3.60. The third-order valence-electron chi connectivity index (χ3n) is 2.56. The highest BCUT2D eigenvalue weighted by Gasteiger charge is 2.14. The summed E-state index contributed by atoms with van der Waals surface area (Å²) in [5, 5.41) is 18.5. The smallest absolute Gasteiger partial charge is 0.271 e. The fourth-order valence-electron chi connectivity index (χ4n) is 1.47. The highest BCUT2D eigenvalue weighted by Crippen LogP contribution is 2.18. The summed E-state index contributed by atoms with van der Waals surface area (Å²) in [5.74, 6) is -0.0779. The van der Waals surface area contributed by atoms with Crippen LogP contribution in [0.4, 0.5) is 0 Å². The molecule has 1 rings (SSSR count). The van der Waals surface area contributed by atoms with Gasteiger partial charge in [-0.3, -0.25) is 9.36 Å². The zero-order valence-corrected chi connectivity index (χ0v) is 9.11. The van der Waals surface area contributed by atoms with E-state index in [4.69, 9.17) is 5.26 Å². The van der Waals surface area contributed by atoms with E-state index in [-0.39, 0.29) is 17.5 Å². The molecule has 0 saturated heterocycles. The largest absolute Gasteiger partial charge is 0.494 e. The second-order valence-corrected chi connectivity index (χ2v) is 3.60. The van der Waals surface area contributed by atoms with Crippen molar-refractivity contribution in [1.29, 1.82) is 5.26 Å². The molecule has 0 amide bonds. The van der Waals surface area contributed by atoms with Gasteiger partial charge in [0.1, 0.15) is 11.6 Å². The zero-order valence-electron chi connectivity index (χ0n) is 9.11. The Kier molecular flexibility index (Phi) is 3.15. The molecule has 0 aliphatic rings. The molecule has 0 aliphatic carbocycles. The van der Waals surface area contributed by atoms with E-state index < -0.39 is 5.56 Å². The minimum absolute atomic E-state index is 0.0779. The van der Waals surface area contributed by atoms with Crippen LogP contribution in [0, 0.1) is 18.3 Å². The summed E-state index contributed by atoms with van der Waals surface area (Å²) < 4.78 is 1.26. The van der Waals surface area contributed by atoms with E-state index in [1.165, 1.54) is 10.6 Å². The van der Waals surface area contributed by atoms with Crippen LogP contribution >= 0.6 is 0 Å². The molecule has 1 atom stereocenters. The van der Waals surface area contributed by atoms with Gasteiger partial charge >= 0.3 is 0 Å². The minimum Gasteiger partial charge on any atom is -0.494 e. The maximum Gasteiger partial charge on any atom is 0.271 e. The van der Waals surface area contributed by atoms with Gasteiger partial charge < -0.3 is 5.11 Å². The van der Waals surface area contributed by atoms with E-state index in [9.17, 15) is 9.90 Å². The molecule has 1 aromatic rings. The van der Waals surface area contributed by atoms with Crippen LogP contribution in [0.25, 0.3) is 0 Å². The van der Waals surface area contributed by atoms with Crippen molar-refractivity contribution in [2.24, 2.45) is 0 Å². The van der Waals surface area contributed by atoms with E-state index in [1.54, 1.807) is 6.92 Å². The van der Waals surface area contributed by atoms with Crippen LogP contribution in [0.5, 0.6) is 5.88 Å². The first kappa shape index (κ1) is 11.3. The van der Waals surface area contributed by atoms with E-state index in [0.29, 0.717) is 5.56 Å². The lowest BCUT2D eigenvalue weighted by Gasteiger charge is -2.15. The molecule has 0 fully saturated rings. The Bertz CT molecular complexity index is 469. The van der Waals surface area contributed by atoms with Crippen LogP contribution in [0.3, 0.4) is 0 Å². The molecule has 4 heteroatoms. The molecule has 0 saturated carbocycles. The number of aromatic hydroxyl groups is 1. The molecule has 0 radical (unpaired) electrons. The van der Waals surface area contributed by atoms with Gasteiger partial charge in [0.2, 0.25) is 0 Å². The van der Waals surface area contributed by atoms with Crippen molar-refractivity contribution >= 4 is 0 Å². The summed E-state index contributed by atoms with van der Waals surface area (Å²) in [6.45, 7) is 5.39. The first-order valence-electron chi connectivity index (χ1n) is 4.88. The van der Waals surface area contributed by atoms with Crippen LogP contribution in [-0.2, 0) is 0 Å². The van der Waals surface area contributed by atoms with Crippen molar-refractivity contribution in [3.63, 3.8) is 0 Å². The Morgan fingerprint density at radius 2 is 2.27 bits per heavy atom.